The van der Waals surface area contributed by atoms with Crippen molar-refractivity contribution >= 4 is 0 Å². The Morgan fingerprint density at radius 2 is 2.25 bits per heavy atom. The molecule has 2 rings (SSSR count). The van der Waals surface area contributed by atoms with Crippen LogP contribution in [0, 0.1) is 0 Å². The van der Waals surface area contributed by atoms with Gasteiger partial charge in [0.15, 0.2) is 0 Å². The normalized spacial score (nSPS) is 26.9. The molecule has 0 bridgehead atoms. The van der Waals surface area contributed by atoms with Gasteiger partial charge in [0.1, 0.15) is 5.75 Å². The van der Waals surface area contributed by atoms with Gasteiger partial charge in [-0.15, -0.1) is 0 Å². The van der Waals surface area contributed by atoms with Crippen LogP contribution in [-0.2, 0) is 5.41 Å². The molecule has 1 fully saturated rings. The summed E-state index contributed by atoms with van der Waals surface area (Å²) in [6.07, 6.45) is 3.62. The molecule has 1 aromatic rings. The zero-order chi connectivity index (χ0) is 11.6. The Bertz CT molecular complexity index is 364. The first-order valence-electron chi connectivity index (χ1n) is 6.14. The number of piperidine rings is 1. The molecule has 0 unspecified atom stereocenters. The molecule has 2 nitrogen and oxygen atoms in total. The van der Waals surface area contributed by atoms with Crippen molar-refractivity contribution in [2.45, 2.75) is 31.6 Å². The van der Waals surface area contributed by atoms with Gasteiger partial charge in [0.05, 0.1) is 0 Å². The molecule has 16 heavy (non-hydrogen) atoms. The monoisotopic (exact) mass is 219 g/mol. The summed E-state index contributed by atoms with van der Waals surface area (Å²) in [4.78, 5) is 2.40. The Morgan fingerprint density at radius 1 is 1.44 bits per heavy atom. The van der Waals surface area contributed by atoms with Gasteiger partial charge < -0.3 is 10.0 Å². The Hall–Kier alpha value is -1.02. The van der Waals surface area contributed by atoms with E-state index >= 15 is 0 Å². The molecule has 1 aromatic carbocycles. The SMILES string of the molecule is CC[C@]1(c2cccc(O)c2)CCCN(C)C1. The first kappa shape index (κ1) is 11.5. The summed E-state index contributed by atoms with van der Waals surface area (Å²) in [7, 11) is 2.19. The fraction of sp³-hybridized carbons (Fsp3) is 0.571. The fourth-order valence-electron chi connectivity index (χ4n) is 2.93. The van der Waals surface area contributed by atoms with Crippen molar-refractivity contribution < 1.29 is 5.11 Å². The maximum atomic E-state index is 9.61. The number of nitrogens with zero attached hydrogens (tertiary/aromatic N) is 1. The Balaban J connectivity index is 2.33. The van der Waals surface area contributed by atoms with E-state index in [1.54, 1.807) is 6.07 Å². The number of hydrogen-bond donors (Lipinski definition) is 1. The van der Waals surface area contributed by atoms with Crippen LogP contribution in [0.2, 0.25) is 0 Å². The van der Waals surface area contributed by atoms with Crippen molar-refractivity contribution in [1.82, 2.24) is 4.90 Å². The van der Waals surface area contributed by atoms with Crippen LogP contribution in [-0.4, -0.2) is 30.1 Å². The Kier molecular flexibility index (Phi) is 3.20. The van der Waals surface area contributed by atoms with E-state index in [-0.39, 0.29) is 5.41 Å². The van der Waals surface area contributed by atoms with Crippen LogP contribution in [0.3, 0.4) is 0 Å². The Morgan fingerprint density at radius 3 is 2.88 bits per heavy atom. The highest BCUT2D eigenvalue weighted by Crippen LogP contribution is 2.37. The van der Waals surface area contributed by atoms with Gasteiger partial charge in [0, 0.05) is 12.0 Å². The predicted octanol–water partition coefficient (Wildman–Crippen LogP) is 2.77. The average molecular weight is 219 g/mol. The first-order valence-corrected chi connectivity index (χ1v) is 6.14. The van der Waals surface area contributed by atoms with Crippen molar-refractivity contribution in [3.63, 3.8) is 0 Å². The number of rotatable bonds is 2. The summed E-state index contributed by atoms with van der Waals surface area (Å²) < 4.78 is 0. The highest BCUT2D eigenvalue weighted by molar-refractivity contribution is 5.33. The van der Waals surface area contributed by atoms with Crippen LogP contribution in [0.5, 0.6) is 5.75 Å². The molecule has 1 aliphatic rings. The molecule has 1 heterocycles. The number of hydrogen-bond acceptors (Lipinski definition) is 2. The molecule has 0 saturated carbocycles. The van der Waals surface area contributed by atoms with Gasteiger partial charge in [0.2, 0.25) is 0 Å². The van der Waals surface area contributed by atoms with Gasteiger partial charge in [-0.25, -0.2) is 0 Å². The maximum Gasteiger partial charge on any atom is 0.115 e. The van der Waals surface area contributed by atoms with Gasteiger partial charge in [-0.05, 0) is 50.6 Å². The highest BCUT2D eigenvalue weighted by Gasteiger charge is 2.34. The summed E-state index contributed by atoms with van der Waals surface area (Å²) in [6.45, 7) is 4.55. The predicted molar refractivity (Wildman–Crippen MR) is 66.8 cm³/mol. The number of likely N-dealkylation sites (N-methyl/N-ethyl adjacent to an activating group) is 1. The summed E-state index contributed by atoms with van der Waals surface area (Å²) >= 11 is 0. The van der Waals surface area contributed by atoms with Crippen LogP contribution in [0.1, 0.15) is 31.7 Å². The lowest BCUT2D eigenvalue weighted by Crippen LogP contribution is -2.43. The molecule has 0 aliphatic carbocycles. The van der Waals surface area contributed by atoms with Crippen molar-refractivity contribution in [2.24, 2.45) is 0 Å². The summed E-state index contributed by atoms with van der Waals surface area (Å²) in [5.74, 6) is 0.388. The smallest absolute Gasteiger partial charge is 0.115 e. The van der Waals surface area contributed by atoms with Gasteiger partial charge in [-0.2, -0.15) is 0 Å². The van der Waals surface area contributed by atoms with Crippen LogP contribution >= 0.6 is 0 Å². The molecule has 0 radical (unpaired) electrons. The molecule has 1 N–H and O–H groups in total. The van der Waals surface area contributed by atoms with Crippen LogP contribution < -0.4 is 0 Å². The number of aromatic hydroxyl groups is 1. The molecule has 1 atom stereocenters. The fourth-order valence-corrected chi connectivity index (χ4v) is 2.93. The summed E-state index contributed by atoms with van der Waals surface area (Å²) in [5.41, 5.74) is 1.53. The number of phenolic OH excluding ortho intramolecular Hbond substituents is 1. The molecule has 0 amide bonds. The molecule has 2 heteroatoms. The summed E-state index contributed by atoms with van der Waals surface area (Å²) in [5, 5.41) is 9.61. The second kappa shape index (κ2) is 4.46. The standard InChI is InChI=1S/C14H21NO/c1-3-14(8-5-9-15(2)11-14)12-6-4-7-13(16)10-12/h4,6-7,10,16H,3,5,8-9,11H2,1-2H3/t14-/m0/s1. The van der Waals surface area contributed by atoms with Gasteiger partial charge in [-0.1, -0.05) is 19.1 Å². The quantitative estimate of drug-likeness (QED) is 0.826. The minimum Gasteiger partial charge on any atom is -0.508 e. The number of phenols is 1. The molecule has 1 aliphatic heterocycles. The molecule has 1 saturated heterocycles. The van der Waals surface area contributed by atoms with E-state index in [0.29, 0.717) is 5.75 Å². The van der Waals surface area contributed by atoms with E-state index < -0.39 is 0 Å². The lowest BCUT2D eigenvalue weighted by Gasteiger charge is -2.41. The van der Waals surface area contributed by atoms with Crippen LogP contribution in [0.15, 0.2) is 24.3 Å². The molecular weight excluding hydrogens is 198 g/mol. The topological polar surface area (TPSA) is 23.5 Å². The van der Waals surface area contributed by atoms with E-state index in [0.717, 1.165) is 13.0 Å². The van der Waals surface area contributed by atoms with Gasteiger partial charge >= 0.3 is 0 Å². The van der Waals surface area contributed by atoms with Crippen LogP contribution in [0.25, 0.3) is 0 Å². The highest BCUT2D eigenvalue weighted by atomic mass is 16.3. The molecule has 0 spiro atoms. The van der Waals surface area contributed by atoms with Gasteiger partial charge in [0.25, 0.3) is 0 Å². The van der Waals surface area contributed by atoms with E-state index in [1.807, 2.05) is 12.1 Å². The second-order valence-electron chi connectivity index (χ2n) is 5.03. The van der Waals surface area contributed by atoms with E-state index in [1.165, 1.54) is 24.9 Å². The number of likely N-dealkylation sites (tertiary alicyclic amines) is 1. The second-order valence-corrected chi connectivity index (χ2v) is 5.03. The third-order valence-corrected chi connectivity index (χ3v) is 3.90. The third-order valence-electron chi connectivity index (χ3n) is 3.90. The van der Waals surface area contributed by atoms with Crippen molar-refractivity contribution in [2.75, 3.05) is 20.1 Å². The van der Waals surface area contributed by atoms with Crippen molar-refractivity contribution in [1.29, 1.82) is 0 Å². The minimum absolute atomic E-state index is 0.242. The van der Waals surface area contributed by atoms with Crippen molar-refractivity contribution in [3.05, 3.63) is 29.8 Å². The zero-order valence-corrected chi connectivity index (χ0v) is 10.2. The lowest BCUT2D eigenvalue weighted by atomic mass is 9.72. The van der Waals surface area contributed by atoms with E-state index in [4.69, 9.17) is 0 Å². The lowest BCUT2D eigenvalue weighted by molar-refractivity contribution is 0.170. The summed E-state index contributed by atoms with van der Waals surface area (Å²) in [6, 6.07) is 7.79. The Labute approximate surface area is 97.9 Å². The average Bonchev–Trinajstić information content (AvgIpc) is 2.29. The third kappa shape index (κ3) is 2.07. The van der Waals surface area contributed by atoms with Crippen LogP contribution in [0.4, 0.5) is 0 Å². The van der Waals surface area contributed by atoms with Gasteiger partial charge in [-0.3, -0.25) is 0 Å². The minimum atomic E-state index is 0.242. The maximum absolute atomic E-state index is 9.61. The molecular formula is C14H21NO. The largest absolute Gasteiger partial charge is 0.508 e. The number of benzene rings is 1. The first-order chi connectivity index (χ1) is 7.66. The molecule has 88 valence electrons. The molecule has 0 aromatic heterocycles. The zero-order valence-electron chi connectivity index (χ0n) is 10.2. The van der Waals surface area contributed by atoms with E-state index in [2.05, 4.69) is 24.9 Å². The van der Waals surface area contributed by atoms with E-state index in [9.17, 15) is 5.11 Å². The van der Waals surface area contributed by atoms with Crippen molar-refractivity contribution in [3.8, 4) is 5.75 Å².